The van der Waals surface area contributed by atoms with Gasteiger partial charge in [0.2, 0.25) is 0 Å². The van der Waals surface area contributed by atoms with E-state index < -0.39 is 5.60 Å². The lowest BCUT2D eigenvalue weighted by Gasteiger charge is -2.24. The van der Waals surface area contributed by atoms with Crippen LogP contribution in [0.5, 0.6) is 5.75 Å². The van der Waals surface area contributed by atoms with E-state index >= 15 is 0 Å². The Balaban J connectivity index is 0.00000106. The second-order valence-electron chi connectivity index (χ2n) is 4.27. The fourth-order valence-corrected chi connectivity index (χ4v) is 2.01. The lowest BCUT2D eigenvalue weighted by molar-refractivity contribution is 0.144. The Kier molecular flexibility index (Phi) is 6.52. The van der Waals surface area contributed by atoms with Gasteiger partial charge in [-0.2, -0.15) is 0 Å². The molecule has 0 amide bonds. The highest BCUT2D eigenvalue weighted by Gasteiger charge is 2.30. The zero-order valence-electron chi connectivity index (χ0n) is 12.8. The molecule has 1 aromatic rings. The highest BCUT2D eigenvalue weighted by atomic mass is 16.5. The number of aliphatic hydroxyl groups is 1. The van der Waals surface area contributed by atoms with Gasteiger partial charge in [0.25, 0.3) is 0 Å². The number of ether oxygens (including phenoxy) is 1. The highest BCUT2D eigenvalue weighted by molar-refractivity contribution is 5.48. The number of terminal acetylenes is 1. The van der Waals surface area contributed by atoms with Crippen LogP contribution < -0.4 is 4.74 Å². The van der Waals surface area contributed by atoms with E-state index in [1.54, 1.807) is 31.4 Å². The summed E-state index contributed by atoms with van der Waals surface area (Å²) in [6, 6.07) is 7.14. The Morgan fingerprint density at radius 1 is 1.19 bits per heavy atom. The number of allylic oxidation sites excluding steroid dienone is 4. The first-order valence-electron chi connectivity index (χ1n) is 7.09. The number of hydrogen-bond donors (Lipinski definition) is 1. The Morgan fingerprint density at radius 2 is 1.86 bits per heavy atom. The molecule has 0 heterocycles. The van der Waals surface area contributed by atoms with Gasteiger partial charge in [-0.25, -0.2) is 0 Å². The molecular formula is C19H22O2. The van der Waals surface area contributed by atoms with Crippen molar-refractivity contribution >= 4 is 0 Å². The van der Waals surface area contributed by atoms with Crippen LogP contribution in [0.4, 0.5) is 0 Å². The molecule has 0 radical (unpaired) electrons. The minimum absolute atomic E-state index is 0.661. The SMILES string of the molecule is C#CC(O)(C1=CCC=CC=C1)c1ccc(OC)cc1.CC. The molecule has 1 atom stereocenters. The maximum atomic E-state index is 10.8. The fraction of sp³-hybridized carbons (Fsp3) is 0.263. The van der Waals surface area contributed by atoms with Crippen LogP contribution in [0.3, 0.4) is 0 Å². The monoisotopic (exact) mass is 282 g/mol. The molecule has 2 nitrogen and oxygen atoms in total. The van der Waals surface area contributed by atoms with Crippen LogP contribution in [-0.4, -0.2) is 12.2 Å². The molecule has 21 heavy (non-hydrogen) atoms. The van der Waals surface area contributed by atoms with Gasteiger partial charge in [0.1, 0.15) is 5.75 Å². The fourth-order valence-electron chi connectivity index (χ4n) is 2.01. The first kappa shape index (κ1) is 16.8. The maximum Gasteiger partial charge on any atom is 0.176 e. The zero-order chi connectivity index (χ0) is 15.7. The molecule has 0 aromatic heterocycles. The number of hydrogen-bond acceptors (Lipinski definition) is 2. The van der Waals surface area contributed by atoms with E-state index in [-0.39, 0.29) is 0 Å². The largest absolute Gasteiger partial charge is 0.497 e. The molecule has 2 rings (SSSR count). The number of rotatable bonds is 3. The lowest BCUT2D eigenvalue weighted by atomic mass is 9.86. The predicted octanol–water partition coefficient (Wildman–Crippen LogP) is 3.98. The van der Waals surface area contributed by atoms with Crippen LogP contribution in [0.1, 0.15) is 25.8 Å². The molecule has 1 aliphatic carbocycles. The highest BCUT2D eigenvalue weighted by Crippen LogP contribution is 2.32. The van der Waals surface area contributed by atoms with Crippen molar-refractivity contribution in [1.29, 1.82) is 0 Å². The van der Waals surface area contributed by atoms with Crippen molar-refractivity contribution in [2.75, 3.05) is 7.11 Å². The summed E-state index contributed by atoms with van der Waals surface area (Å²) < 4.78 is 5.11. The van der Waals surface area contributed by atoms with Crippen molar-refractivity contribution in [2.24, 2.45) is 0 Å². The van der Waals surface area contributed by atoms with Crippen molar-refractivity contribution in [3.05, 3.63) is 65.8 Å². The van der Waals surface area contributed by atoms with Gasteiger partial charge in [-0.05, 0) is 24.1 Å². The van der Waals surface area contributed by atoms with E-state index in [2.05, 4.69) is 5.92 Å². The van der Waals surface area contributed by atoms with Gasteiger partial charge < -0.3 is 9.84 Å². The number of methoxy groups -OCH3 is 1. The van der Waals surface area contributed by atoms with Crippen LogP contribution in [0.25, 0.3) is 0 Å². The minimum atomic E-state index is -1.41. The minimum Gasteiger partial charge on any atom is -0.497 e. The quantitative estimate of drug-likeness (QED) is 0.850. The summed E-state index contributed by atoms with van der Waals surface area (Å²) in [5.74, 6) is 3.23. The molecule has 1 unspecified atom stereocenters. The second kappa shape index (κ2) is 8.14. The third kappa shape index (κ3) is 3.87. The van der Waals surface area contributed by atoms with E-state index in [1.807, 2.05) is 44.2 Å². The summed E-state index contributed by atoms with van der Waals surface area (Å²) >= 11 is 0. The average molecular weight is 282 g/mol. The van der Waals surface area contributed by atoms with Gasteiger partial charge in [-0.3, -0.25) is 0 Å². The normalized spacial score (nSPS) is 15.7. The Bertz CT molecular complexity index is 571. The molecular weight excluding hydrogens is 260 g/mol. The van der Waals surface area contributed by atoms with E-state index in [9.17, 15) is 5.11 Å². The van der Waals surface area contributed by atoms with E-state index in [4.69, 9.17) is 11.2 Å². The van der Waals surface area contributed by atoms with Crippen LogP contribution >= 0.6 is 0 Å². The summed E-state index contributed by atoms with van der Waals surface area (Å²) in [5.41, 5.74) is -0.0341. The average Bonchev–Trinajstić information content (AvgIpc) is 2.86. The van der Waals surface area contributed by atoms with Gasteiger partial charge in [-0.15, -0.1) is 6.42 Å². The summed E-state index contributed by atoms with van der Waals surface area (Å²) in [4.78, 5) is 0. The Morgan fingerprint density at radius 3 is 2.43 bits per heavy atom. The lowest BCUT2D eigenvalue weighted by Crippen LogP contribution is -2.25. The first-order valence-corrected chi connectivity index (χ1v) is 7.09. The number of benzene rings is 1. The molecule has 1 aliphatic rings. The van der Waals surface area contributed by atoms with E-state index in [1.165, 1.54) is 0 Å². The third-order valence-electron chi connectivity index (χ3n) is 3.13. The van der Waals surface area contributed by atoms with Crippen LogP contribution in [0, 0.1) is 12.3 Å². The molecule has 110 valence electrons. The first-order chi connectivity index (χ1) is 10.2. The summed E-state index contributed by atoms with van der Waals surface area (Å²) in [7, 11) is 1.60. The van der Waals surface area contributed by atoms with Crippen molar-refractivity contribution in [1.82, 2.24) is 0 Å². The predicted molar refractivity (Wildman–Crippen MR) is 88.1 cm³/mol. The topological polar surface area (TPSA) is 29.5 Å². The van der Waals surface area contributed by atoms with Crippen LogP contribution in [0.15, 0.2) is 60.2 Å². The molecule has 0 bridgehead atoms. The maximum absolute atomic E-state index is 10.8. The molecule has 0 fully saturated rings. The molecule has 0 saturated heterocycles. The molecule has 0 saturated carbocycles. The Labute approximate surface area is 127 Å². The zero-order valence-corrected chi connectivity index (χ0v) is 12.8. The second-order valence-corrected chi connectivity index (χ2v) is 4.27. The smallest absolute Gasteiger partial charge is 0.176 e. The van der Waals surface area contributed by atoms with Crippen LogP contribution in [0.2, 0.25) is 0 Å². The van der Waals surface area contributed by atoms with Gasteiger partial charge in [0.05, 0.1) is 7.11 Å². The van der Waals surface area contributed by atoms with Gasteiger partial charge in [-0.1, -0.05) is 62.3 Å². The van der Waals surface area contributed by atoms with Crippen molar-refractivity contribution in [3.8, 4) is 18.1 Å². The molecule has 2 heteroatoms. The van der Waals surface area contributed by atoms with E-state index in [0.717, 1.165) is 12.2 Å². The molecule has 1 N–H and O–H groups in total. The summed E-state index contributed by atoms with van der Waals surface area (Å²) in [5, 5.41) is 10.8. The molecule has 1 aromatic carbocycles. The summed E-state index contributed by atoms with van der Waals surface area (Å²) in [6.45, 7) is 4.00. The molecule has 0 spiro atoms. The van der Waals surface area contributed by atoms with Crippen molar-refractivity contribution < 1.29 is 9.84 Å². The van der Waals surface area contributed by atoms with E-state index in [0.29, 0.717) is 11.1 Å². The van der Waals surface area contributed by atoms with Crippen molar-refractivity contribution in [3.63, 3.8) is 0 Å². The third-order valence-corrected chi connectivity index (χ3v) is 3.13. The van der Waals surface area contributed by atoms with Gasteiger partial charge in [0.15, 0.2) is 5.60 Å². The summed E-state index contributed by atoms with van der Waals surface area (Å²) in [6.07, 6.45) is 15.9. The van der Waals surface area contributed by atoms with Crippen LogP contribution in [-0.2, 0) is 5.60 Å². The Hall–Kier alpha value is -2.24. The van der Waals surface area contributed by atoms with Gasteiger partial charge in [0, 0.05) is 5.56 Å². The standard InChI is InChI=1S/C17H16O2.C2H6/c1-3-17(18,14-8-6-4-5-7-9-14)15-10-12-16(19-2)13-11-15;1-2/h1,4-6,8-13,18H,7H2,2H3;1-2H3. The molecule has 0 aliphatic heterocycles. The van der Waals surface area contributed by atoms with Crippen molar-refractivity contribution in [2.45, 2.75) is 25.9 Å². The van der Waals surface area contributed by atoms with Gasteiger partial charge >= 0.3 is 0 Å².